The molecule has 0 aliphatic heterocycles. The van der Waals surface area contributed by atoms with Gasteiger partial charge >= 0.3 is 12.0 Å². The van der Waals surface area contributed by atoms with Crippen molar-refractivity contribution in [2.24, 2.45) is 0 Å². The largest absolute Gasteiger partial charge is 0.480 e. The predicted octanol–water partition coefficient (Wildman–Crippen LogP) is 0.845. The molecule has 0 spiro atoms. The fraction of sp³-hybridized carbons (Fsp3) is 0.417. The number of rotatable bonds is 6. The van der Waals surface area contributed by atoms with Gasteiger partial charge in [-0.25, -0.2) is 4.79 Å². The maximum atomic E-state index is 11.9. The molecule has 102 valence electrons. The van der Waals surface area contributed by atoms with Crippen LogP contribution in [0.2, 0.25) is 0 Å². The molecule has 0 unspecified atom stereocenters. The van der Waals surface area contributed by atoms with E-state index >= 15 is 0 Å². The van der Waals surface area contributed by atoms with Gasteiger partial charge in [-0.15, -0.1) is 6.42 Å². The molecule has 7 heteroatoms. The Kier molecular flexibility index (Phi) is 5.41. The molecule has 1 rings (SSSR count). The summed E-state index contributed by atoms with van der Waals surface area (Å²) in [6.07, 6.45) is 8.84. The fourth-order valence-corrected chi connectivity index (χ4v) is 1.49. The molecule has 0 aliphatic rings. The summed E-state index contributed by atoms with van der Waals surface area (Å²) in [4.78, 5) is 23.9. The maximum absolute atomic E-state index is 11.9. The minimum atomic E-state index is -0.999. The number of nitrogens with zero attached hydrogens (tertiary/aromatic N) is 3. The second-order valence-electron chi connectivity index (χ2n) is 3.88. The van der Waals surface area contributed by atoms with Crippen molar-refractivity contribution >= 4 is 17.7 Å². The summed E-state index contributed by atoms with van der Waals surface area (Å²) in [6.45, 7) is 2.48. The first-order valence-corrected chi connectivity index (χ1v) is 5.80. The van der Waals surface area contributed by atoms with E-state index in [0.717, 1.165) is 6.42 Å². The summed E-state index contributed by atoms with van der Waals surface area (Å²) in [6, 6.07) is -0.324. The van der Waals surface area contributed by atoms with Gasteiger partial charge in [0.05, 0.1) is 18.4 Å². The third-order valence-electron chi connectivity index (χ3n) is 2.24. The summed E-state index contributed by atoms with van der Waals surface area (Å²) >= 11 is 0. The zero-order valence-corrected chi connectivity index (χ0v) is 10.7. The van der Waals surface area contributed by atoms with Gasteiger partial charge in [0.25, 0.3) is 0 Å². The quantitative estimate of drug-likeness (QED) is 0.745. The Bertz CT molecular complexity index is 489. The van der Waals surface area contributed by atoms with E-state index in [1.165, 1.54) is 22.0 Å². The Morgan fingerprint density at radius 1 is 1.63 bits per heavy atom. The molecule has 0 bridgehead atoms. The Hall–Kier alpha value is -2.49. The molecule has 0 saturated heterocycles. The molecule has 0 saturated carbocycles. The van der Waals surface area contributed by atoms with E-state index in [1.807, 2.05) is 6.92 Å². The van der Waals surface area contributed by atoms with Gasteiger partial charge in [-0.05, 0) is 6.42 Å². The lowest BCUT2D eigenvalue weighted by molar-refractivity contribution is -0.137. The highest BCUT2D eigenvalue weighted by Gasteiger charge is 2.12. The molecule has 1 aromatic rings. The number of anilines is 1. The number of nitrogens with one attached hydrogen (secondary N) is 1. The third kappa shape index (κ3) is 4.71. The Morgan fingerprint density at radius 2 is 2.37 bits per heavy atom. The molecule has 0 aliphatic carbocycles. The molecule has 0 fully saturated rings. The number of hydrogen-bond donors (Lipinski definition) is 2. The molecule has 1 aromatic heterocycles. The lowest BCUT2D eigenvalue weighted by atomic mass is 10.4. The van der Waals surface area contributed by atoms with Crippen LogP contribution in [-0.4, -0.2) is 44.9 Å². The predicted molar refractivity (Wildman–Crippen MR) is 69.6 cm³/mol. The van der Waals surface area contributed by atoms with Crippen LogP contribution < -0.4 is 5.32 Å². The van der Waals surface area contributed by atoms with Gasteiger partial charge in [-0.3, -0.25) is 9.48 Å². The van der Waals surface area contributed by atoms with E-state index in [-0.39, 0.29) is 19.1 Å². The second kappa shape index (κ2) is 7.06. The monoisotopic (exact) mass is 264 g/mol. The first kappa shape index (κ1) is 14.6. The van der Waals surface area contributed by atoms with Crippen LogP contribution in [0.3, 0.4) is 0 Å². The fourth-order valence-electron chi connectivity index (χ4n) is 1.49. The third-order valence-corrected chi connectivity index (χ3v) is 2.24. The molecule has 1 heterocycles. The standard InChI is InChI=1S/C12H16N4O3/c1-3-5-15(6-4-2)12(19)14-10-7-13-16(8-10)9-11(17)18/h1,7-8H,4-6,9H2,2H3,(H,14,19)(H,17,18). The Balaban J connectivity index is 2.62. The average molecular weight is 264 g/mol. The summed E-state index contributed by atoms with van der Waals surface area (Å²) in [5.74, 6) is 1.42. The molecular formula is C12H16N4O3. The van der Waals surface area contributed by atoms with Gasteiger partial charge in [0.15, 0.2) is 0 Å². The molecule has 7 nitrogen and oxygen atoms in total. The smallest absolute Gasteiger partial charge is 0.325 e. The summed E-state index contributed by atoms with van der Waals surface area (Å²) in [7, 11) is 0. The Morgan fingerprint density at radius 3 is 2.95 bits per heavy atom. The minimum absolute atomic E-state index is 0.225. The van der Waals surface area contributed by atoms with Crippen molar-refractivity contribution in [3.05, 3.63) is 12.4 Å². The van der Waals surface area contributed by atoms with E-state index in [4.69, 9.17) is 11.5 Å². The van der Waals surface area contributed by atoms with Gasteiger partial charge in [0.1, 0.15) is 6.54 Å². The van der Waals surface area contributed by atoms with Gasteiger partial charge in [0.2, 0.25) is 0 Å². The van der Waals surface area contributed by atoms with Crippen molar-refractivity contribution < 1.29 is 14.7 Å². The van der Waals surface area contributed by atoms with Crippen LogP contribution in [0.25, 0.3) is 0 Å². The van der Waals surface area contributed by atoms with Crippen LogP contribution in [0, 0.1) is 12.3 Å². The average Bonchev–Trinajstić information content (AvgIpc) is 2.75. The second-order valence-corrected chi connectivity index (χ2v) is 3.88. The number of carbonyl (C=O) groups excluding carboxylic acids is 1. The van der Waals surface area contributed by atoms with Crippen molar-refractivity contribution in [1.82, 2.24) is 14.7 Å². The number of amides is 2. The molecule has 0 atom stereocenters. The SMILES string of the molecule is C#CCN(CCC)C(=O)Nc1cnn(CC(=O)O)c1. The van der Waals surface area contributed by atoms with Crippen molar-refractivity contribution in [3.8, 4) is 12.3 Å². The molecule has 2 N–H and O–H groups in total. The summed E-state index contributed by atoms with van der Waals surface area (Å²) < 4.78 is 1.23. The van der Waals surface area contributed by atoms with Crippen LogP contribution >= 0.6 is 0 Å². The van der Waals surface area contributed by atoms with Gasteiger partial charge in [-0.1, -0.05) is 12.8 Å². The zero-order valence-electron chi connectivity index (χ0n) is 10.7. The number of hydrogen-bond acceptors (Lipinski definition) is 3. The number of aromatic nitrogens is 2. The number of carboxylic acid groups (broad SMARTS) is 1. The van der Waals surface area contributed by atoms with E-state index in [2.05, 4.69) is 16.3 Å². The van der Waals surface area contributed by atoms with Crippen LogP contribution in [-0.2, 0) is 11.3 Å². The lowest BCUT2D eigenvalue weighted by Gasteiger charge is -2.19. The van der Waals surface area contributed by atoms with Crippen LogP contribution in [0.5, 0.6) is 0 Å². The summed E-state index contributed by atoms with van der Waals surface area (Å²) in [5.41, 5.74) is 0.435. The minimum Gasteiger partial charge on any atom is -0.480 e. The van der Waals surface area contributed by atoms with E-state index in [9.17, 15) is 9.59 Å². The topological polar surface area (TPSA) is 87.5 Å². The number of urea groups is 1. The van der Waals surface area contributed by atoms with Crippen molar-refractivity contribution in [2.45, 2.75) is 19.9 Å². The lowest BCUT2D eigenvalue weighted by Crippen LogP contribution is -2.35. The Labute approximate surface area is 111 Å². The molecule has 0 radical (unpaired) electrons. The van der Waals surface area contributed by atoms with E-state index in [1.54, 1.807) is 0 Å². The zero-order chi connectivity index (χ0) is 14.3. The van der Waals surface area contributed by atoms with Crippen molar-refractivity contribution in [2.75, 3.05) is 18.4 Å². The van der Waals surface area contributed by atoms with Crippen molar-refractivity contribution in [3.63, 3.8) is 0 Å². The van der Waals surface area contributed by atoms with Crippen molar-refractivity contribution in [1.29, 1.82) is 0 Å². The molecular weight excluding hydrogens is 248 g/mol. The van der Waals surface area contributed by atoms with Gasteiger partial charge in [-0.2, -0.15) is 5.10 Å². The molecule has 2 amide bonds. The highest BCUT2D eigenvalue weighted by molar-refractivity contribution is 5.89. The van der Waals surface area contributed by atoms with Gasteiger partial charge < -0.3 is 15.3 Å². The number of terminal acetylenes is 1. The maximum Gasteiger partial charge on any atom is 0.325 e. The van der Waals surface area contributed by atoms with Crippen LogP contribution in [0.1, 0.15) is 13.3 Å². The number of carbonyl (C=O) groups is 2. The highest BCUT2D eigenvalue weighted by atomic mass is 16.4. The molecule has 0 aromatic carbocycles. The first-order chi connectivity index (χ1) is 9.06. The number of aliphatic carboxylic acids is 1. The first-order valence-electron chi connectivity index (χ1n) is 5.80. The molecule has 19 heavy (non-hydrogen) atoms. The summed E-state index contributed by atoms with van der Waals surface area (Å²) in [5, 5.41) is 15.1. The van der Waals surface area contributed by atoms with Gasteiger partial charge in [0, 0.05) is 12.7 Å². The van der Waals surface area contributed by atoms with Crippen LogP contribution in [0.4, 0.5) is 10.5 Å². The normalized spacial score (nSPS) is 9.68. The number of carboxylic acids is 1. The van der Waals surface area contributed by atoms with E-state index < -0.39 is 5.97 Å². The highest BCUT2D eigenvalue weighted by Crippen LogP contribution is 2.06. The van der Waals surface area contributed by atoms with E-state index in [0.29, 0.717) is 12.2 Å². The van der Waals surface area contributed by atoms with Crippen LogP contribution in [0.15, 0.2) is 12.4 Å².